The highest BCUT2D eigenvalue weighted by Gasteiger charge is 2.15. The number of hydrogen-bond acceptors (Lipinski definition) is 1. The summed E-state index contributed by atoms with van der Waals surface area (Å²) in [5.74, 6) is -0.863. The zero-order chi connectivity index (χ0) is 29.2. The Kier molecular flexibility index (Phi) is 30.5. The first kappa shape index (κ1) is 37.4. The molecule has 224 valence electrons. The lowest BCUT2D eigenvalue weighted by Crippen LogP contribution is -2.13. The number of carboxylic acid groups (broad SMARTS) is 1. The number of carboxylic acids is 1. The first-order valence-electron chi connectivity index (χ1n) is 16.1. The van der Waals surface area contributed by atoms with E-state index in [9.17, 15) is 9.90 Å². The molecule has 0 spiro atoms. The van der Waals surface area contributed by atoms with Crippen LogP contribution in [0.15, 0.2) is 97.2 Å². The topological polar surface area (TPSA) is 37.3 Å². The van der Waals surface area contributed by atoms with E-state index in [0.29, 0.717) is 0 Å². The maximum absolute atomic E-state index is 11.6. The summed E-state index contributed by atoms with van der Waals surface area (Å²) in [6.45, 7) is 4.39. The van der Waals surface area contributed by atoms with Crippen molar-refractivity contribution in [1.82, 2.24) is 0 Å². The second-order valence-corrected chi connectivity index (χ2v) is 10.3. The van der Waals surface area contributed by atoms with Crippen LogP contribution in [0.2, 0.25) is 0 Å². The third-order valence-corrected chi connectivity index (χ3v) is 6.63. The largest absolute Gasteiger partial charge is 0.481 e. The van der Waals surface area contributed by atoms with Gasteiger partial charge in [-0.25, -0.2) is 0 Å². The average Bonchev–Trinajstić information content (AvgIpc) is 2.95. The van der Waals surface area contributed by atoms with Crippen molar-refractivity contribution in [2.24, 2.45) is 5.92 Å². The summed E-state index contributed by atoms with van der Waals surface area (Å²) in [4.78, 5) is 11.6. The second-order valence-electron chi connectivity index (χ2n) is 10.3. The predicted molar refractivity (Wildman–Crippen MR) is 179 cm³/mol. The molecule has 0 aliphatic carbocycles. The number of carbonyl (C=O) groups is 1. The van der Waals surface area contributed by atoms with Crippen LogP contribution in [-0.4, -0.2) is 11.1 Å². The van der Waals surface area contributed by atoms with Gasteiger partial charge in [0.2, 0.25) is 0 Å². The highest BCUT2D eigenvalue weighted by Crippen LogP contribution is 2.17. The maximum Gasteiger partial charge on any atom is 0.306 e. The SMILES string of the molecule is CCC=CCC=CCC=CCC=CCC=CCCC(CCCCCC=CCC=CCC=CCCCCC)C(=O)O. The van der Waals surface area contributed by atoms with Crippen molar-refractivity contribution >= 4 is 5.97 Å². The first-order valence-corrected chi connectivity index (χ1v) is 16.1. The van der Waals surface area contributed by atoms with E-state index in [1.165, 1.54) is 25.7 Å². The van der Waals surface area contributed by atoms with Gasteiger partial charge >= 0.3 is 5.97 Å². The van der Waals surface area contributed by atoms with E-state index in [2.05, 4.69) is 111 Å². The van der Waals surface area contributed by atoms with Gasteiger partial charge in [-0.1, -0.05) is 137 Å². The van der Waals surface area contributed by atoms with E-state index < -0.39 is 5.97 Å². The Labute approximate surface area is 248 Å². The van der Waals surface area contributed by atoms with Crippen molar-refractivity contribution in [3.8, 4) is 0 Å². The van der Waals surface area contributed by atoms with Crippen molar-refractivity contribution in [2.75, 3.05) is 0 Å². The molecular formula is C38H60O2. The van der Waals surface area contributed by atoms with Gasteiger partial charge in [0.25, 0.3) is 0 Å². The van der Waals surface area contributed by atoms with E-state index in [1.54, 1.807) is 0 Å². The molecule has 0 amide bonds. The van der Waals surface area contributed by atoms with E-state index in [1.807, 2.05) is 0 Å². The standard InChI is InChI=1S/C38H60O2/c1-3-5-7-9-11-13-15-17-19-21-23-25-27-29-31-33-35-37(38(39)40)36-34-32-30-28-26-24-22-20-18-16-14-12-10-8-6-4-2/h5,7,11-14,17-20,23-26,29,31,37H,3-4,6,8-10,15-16,21-22,27-28,30,32-36H2,1-2H3,(H,39,40). The van der Waals surface area contributed by atoms with Gasteiger partial charge in [0.05, 0.1) is 5.92 Å². The van der Waals surface area contributed by atoms with Crippen molar-refractivity contribution < 1.29 is 9.90 Å². The number of unbranched alkanes of at least 4 members (excludes halogenated alkanes) is 6. The monoisotopic (exact) mass is 548 g/mol. The van der Waals surface area contributed by atoms with Crippen LogP contribution in [0.25, 0.3) is 0 Å². The molecule has 1 unspecified atom stereocenters. The zero-order valence-corrected chi connectivity index (χ0v) is 25.9. The van der Waals surface area contributed by atoms with E-state index in [-0.39, 0.29) is 5.92 Å². The molecule has 0 aromatic heterocycles. The average molecular weight is 549 g/mol. The summed E-state index contributed by atoms with van der Waals surface area (Å²) in [7, 11) is 0. The zero-order valence-electron chi connectivity index (χ0n) is 25.9. The Morgan fingerprint density at radius 2 is 0.875 bits per heavy atom. The second kappa shape index (κ2) is 32.6. The van der Waals surface area contributed by atoms with Gasteiger partial charge in [-0.2, -0.15) is 0 Å². The molecule has 0 fully saturated rings. The molecule has 0 aliphatic heterocycles. The Morgan fingerprint density at radius 1 is 0.475 bits per heavy atom. The third-order valence-electron chi connectivity index (χ3n) is 6.63. The van der Waals surface area contributed by atoms with Crippen molar-refractivity contribution in [3.05, 3.63) is 97.2 Å². The molecule has 1 N–H and O–H groups in total. The van der Waals surface area contributed by atoms with Gasteiger partial charge in [0, 0.05) is 0 Å². The molecule has 0 bridgehead atoms. The molecule has 0 heterocycles. The first-order chi connectivity index (χ1) is 19.7. The van der Waals surface area contributed by atoms with Crippen LogP contribution >= 0.6 is 0 Å². The summed E-state index contributed by atoms with van der Waals surface area (Å²) in [6, 6.07) is 0. The lowest BCUT2D eigenvalue weighted by Gasteiger charge is -2.10. The van der Waals surface area contributed by atoms with E-state index in [4.69, 9.17) is 0 Å². The molecule has 1 atom stereocenters. The molecule has 40 heavy (non-hydrogen) atoms. The van der Waals surface area contributed by atoms with E-state index in [0.717, 1.165) is 89.9 Å². The van der Waals surface area contributed by atoms with Crippen molar-refractivity contribution in [1.29, 1.82) is 0 Å². The predicted octanol–water partition coefficient (Wildman–Crippen LogP) is 12.2. The maximum atomic E-state index is 11.6. The molecular weight excluding hydrogens is 488 g/mol. The summed E-state index contributed by atoms with van der Waals surface area (Å²) >= 11 is 0. The van der Waals surface area contributed by atoms with Crippen LogP contribution in [0.1, 0.15) is 129 Å². The minimum absolute atomic E-state index is 0.219. The fraction of sp³-hybridized carbons (Fsp3) is 0.553. The van der Waals surface area contributed by atoms with Crippen LogP contribution in [0, 0.1) is 5.92 Å². The number of aliphatic carboxylic acids is 1. The highest BCUT2D eigenvalue weighted by molar-refractivity contribution is 5.69. The summed E-state index contributed by atoms with van der Waals surface area (Å²) < 4.78 is 0. The summed E-state index contributed by atoms with van der Waals surface area (Å²) in [5, 5.41) is 9.55. The Bertz CT molecular complexity index is 788. The van der Waals surface area contributed by atoms with Gasteiger partial charge in [-0.15, -0.1) is 0 Å². The Balaban J connectivity index is 3.78. The lowest BCUT2D eigenvalue weighted by molar-refractivity contribution is -0.142. The van der Waals surface area contributed by atoms with Gasteiger partial charge < -0.3 is 5.11 Å². The molecule has 0 rings (SSSR count). The third kappa shape index (κ3) is 29.9. The Hall–Kier alpha value is -2.61. The molecule has 0 aromatic carbocycles. The molecule has 0 saturated heterocycles. The summed E-state index contributed by atoms with van der Waals surface area (Å²) in [6.07, 6.45) is 54.3. The van der Waals surface area contributed by atoms with Crippen molar-refractivity contribution in [3.63, 3.8) is 0 Å². The Morgan fingerprint density at radius 3 is 1.30 bits per heavy atom. The molecule has 0 aliphatic rings. The van der Waals surface area contributed by atoms with Crippen LogP contribution < -0.4 is 0 Å². The number of allylic oxidation sites excluding steroid dienone is 16. The molecule has 2 heteroatoms. The molecule has 0 saturated carbocycles. The fourth-order valence-corrected chi connectivity index (χ4v) is 4.18. The lowest BCUT2D eigenvalue weighted by atomic mass is 9.96. The van der Waals surface area contributed by atoms with Crippen LogP contribution in [-0.2, 0) is 4.79 Å². The number of hydrogen-bond donors (Lipinski definition) is 1. The highest BCUT2D eigenvalue weighted by atomic mass is 16.4. The summed E-state index contributed by atoms with van der Waals surface area (Å²) in [5.41, 5.74) is 0. The fourth-order valence-electron chi connectivity index (χ4n) is 4.18. The van der Waals surface area contributed by atoms with Crippen LogP contribution in [0.5, 0.6) is 0 Å². The van der Waals surface area contributed by atoms with Crippen LogP contribution in [0.3, 0.4) is 0 Å². The smallest absolute Gasteiger partial charge is 0.306 e. The normalized spacial score (nSPS) is 13.8. The van der Waals surface area contributed by atoms with Crippen molar-refractivity contribution in [2.45, 2.75) is 129 Å². The van der Waals surface area contributed by atoms with Gasteiger partial charge in [0.1, 0.15) is 0 Å². The van der Waals surface area contributed by atoms with Gasteiger partial charge in [-0.05, 0) is 89.9 Å². The van der Waals surface area contributed by atoms with Gasteiger partial charge in [0.15, 0.2) is 0 Å². The van der Waals surface area contributed by atoms with Crippen LogP contribution in [0.4, 0.5) is 0 Å². The molecule has 2 nitrogen and oxygen atoms in total. The molecule has 0 aromatic rings. The minimum Gasteiger partial charge on any atom is -0.481 e. The quantitative estimate of drug-likeness (QED) is 0.0818. The van der Waals surface area contributed by atoms with E-state index >= 15 is 0 Å². The number of rotatable bonds is 27. The minimum atomic E-state index is -0.644. The molecule has 0 radical (unpaired) electrons. The van der Waals surface area contributed by atoms with Gasteiger partial charge in [-0.3, -0.25) is 4.79 Å².